The molecule has 0 amide bonds. The molecule has 0 bridgehead atoms. The second-order valence-corrected chi connectivity index (χ2v) is 5.68. The van der Waals surface area contributed by atoms with Crippen LogP contribution < -0.4 is 4.74 Å². The second kappa shape index (κ2) is 7.85. The van der Waals surface area contributed by atoms with E-state index in [0.29, 0.717) is 5.23 Å². The van der Waals surface area contributed by atoms with E-state index in [0.717, 1.165) is 17.4 Å². The minimum Gasteiger partial charge on any atom is -0.433 e. The minimum atomic E-state index is 0.458. The molecule has 0 saturated heterocycles. The summed E-state index contributed by atoms with van der Waals surface area (Å²) >= 11 is 1.55. The molecular weight excluding hydrogens is 256 g/mol. The molecule has 0 N–H and O–H groups in total. The highest BCUT2D eigenvalue weighted by molar-refractivity contribution is 8.13. The summed E-state index contributed by atoms with van der Waals surface area (Å²) in [5.74, 6) is 2.46. The lowest BCUT2D eigenvalue weighted by atomic mass is 9.91. The maximum absolute atomic E-state index is 8.72. The van der Waals surface area contributed by atoms with E-state index in [1.807, 2.05) is 36.5 Å². The standard InChI is InChI=1S/C15H18N2OS/c16-12-17-15(18-14-9-5-2-6-10-14)19-11-13-7-3-1-4-8-13/h2,5-6,9-10,13H,1,3-4,7-8,11H2/b17-15-. The van der Waals surface area contributed by atoms with Gasteiger partial charge in [0.2, 0.25) is 6.19 Å². The van der Waals surface area contributed by atoms with Gasteiger partial charge in [-0.1, -0.05) is 49.2 Å². The van der Waals surface area contributed by atoms with Crippen molar-refractivity contribution in [2.75, 3.05) is 5.75 Å². The van der Waals surface area contributed by atoms with E-state index in [2.05, 4.69) is 4.99 Å². The highest BCUT2D eigenvalue weighted by Crippen LogP contribution is 2.27. The van der Waals surface area contributed by atoms with E-state index in [-0.39, 0.29) is 0 Å². The van der Waals surface area contributed by atoms with Gasteiger partial charge in [0.05, 0.1) is 0 Å². The number of nitrogens with zero attached hydrogens (tertiary/aromatic N) is 2. The maximum Gasteiger partial charge on any atom is 0.266 e. The molecule has 1 aliphatic carbocycles. The predicted molar refractivity (Wildman–Crippen MR) is 79.2 cm³/mol. The average molecular weight is 274 g/mol. The van der Waals surface area contributed by atoms with Crippen molar-refractivity contribution in [2.45, 2.75) is 32.1 Å². The van der Waals surface area contributed by atoms with Crippen LogP contribution in [0.25, 0.3) is 0 Å². The molecule has 1 fully saturated rings. The molecule has 3 nitrogen and oxygen atoms in total. The summed E-state index contributed by atoms with van der Waals surface area (Å²) in [6.45, 7) is 0. The van der Waals surface area contributed by atoms with Crippen molar-refractivity contribution in [2.24, 2.45) is 10.9 Å². The highest BCUT2D eigenvalue weighted by atomic mass is 32.2. The Bertz CT molecular complexity index is 447. The van der Waals surface area contributed by atoms with Crippen LogP contribution in [0.15, 0.2) is 35.3 Å². The third kappa shape index (κ3) is 4.96. The van der Waals surface area contributed by atoms with E-state index in [4.69, 9.17) is 10.00 Å². The van der Waals surface area contributed by atoms with Gasteiger partial charge in [-0.2, -0.15) is 5.26 Å². The lowest BCUT2D eigenvalue weighted by molar-refractivity contribution is 0.391. The van der Waals surface area contributed by atoms with Gasteiger partial charge in [0.1, 0.15) is 5.75 Å². The van der Waals surface area contributed by atoms with Gasteiger partial charge in [0.15, 0.2) is 0 Å². The van der Waals surface area contributed by atoms with Crippen molar-refractivity contribution in [3.8, 4) is 11.9 Å². The van der Waals surface area contributed by atoms with Crippen molar-refractivity contribution >= 4 is 17.0 Å². The van der Waals surface area contributed by atoms with Crippen molar-refractivity contribution in [1.29, 1.82) is 5.26 Å². The van der Waals surface area contributed by atoms with Gasteiger partial charge < -0.3 is 4.74 Å². The summed E-state index contributed by atoms with van der Waals surface area (Å²) in [4.78, 5) is 3.77. The van der Waals surface area contributed by atoms with E-state index in [1.54, 1.807) is 11.8 Å². The van der Waals surface area contributed by atoms with Gasteiger partial charge in [-0.3, -0.25) is 0 Å². The molecule has 0 aliphatic heterocycles. The summed E-state index contributed by atoms with van der Waals surface area (Å²) < 4.78 is 5.64. The molecule has 0 heterocycles. The van der Waals surface area contributed by atoms with Gasteiger partial charge in [-0.15, -0.1) is 4.99 Å². The fraction of sp³-hybridized carbons (Fsp3) is 0.467. The summed E-state index contributed by atoms with van der Waals surface area (Å²) in [5, 5.41) is 9.18. The van der Waals surface area contributed by atoms with Crippen LogP contribution in [-0.4, -0.2) is 11.0 Å². The molecule has 0 spiro atoms. The number of para-hydroxylation sites is 1. The number of rotatable bonds is 3. The topological polar surface area (TPSA) is 45.4 Å². The lowest BCUT2D eigenvalue weighted by Gasteiger charge is -2.20. The fourth-order valence-corrected chi connectivity index (χ4v) is 3.23. The van der Waals surface area contributed by atoms with Crippen LogP contribution in [0, 0.1) is 17.4 Å². The molecule has 1 saturated carbocycles. The first kappa shape index (κ1) is 14.0. The van der Waals surface area contributed by atoms with E-state index in [1.165, 1.54) is 32.1 Å². The average Bonchev–Trinajstić information content (AvgIpc) is 2.47. The third-order valence-corrected chi connectivity index (χ3v) is 4.32. The lowest BCUT2D eigenvalue weighted by Crippen LogP contribution is -2.12. The van der Waals surface area contributed by atoms with Gasteiger partial charge in [0.25, 0.3) is 5.23 Å². The van der Waals surface area contributed by atoms with Crippen molar-refractivity contribution in [3.05, 3.63) is 30.3 Å². The van der Waals surface area contributed by atoms with Crippen LogP contribution >= 0.6 is 11.8 Å². The second-order valence-electron chi connectivity index (χ2n) is 4.71. The Morgan fingerprint density at radius 2 is 2.00 bits per heavy atom. The van der Waals surface area contributed by atoms with Crippen LogP contribution in [-0.2, 0) is 0 Å². The number of hydrogen-bond acceptors (Lipinski definition) is 4. The number of thioether (sulfide) groups is 1. The molecule has 1 aromatic rings. The maximum atomic E-state index is 8.72. The van der Waals surface area contributed by atoms with Crippen LogP contribution in [0.3, 0.4) is 0 Å². The Hall–Kier alpha value is -1.47. The largest absolute Gasteiger partial charge is 0.433 e. The molecule has 4 heteroatoms. The smallest absolute Gasteiger partial charge is 0.266 e. The number of aliphatic imine (C=N–C) groups is 1. The van der Waals surface area contributed by atoms with Gasteiger partial charge >= 0.3 is 0 Å². The monoisotopic (exact) mass is 274 g/mol. The normalized spacial score (nSPS) is 16.9. The first-order chi connectivity index (χ1) is 9.38. The van der Waals surface area contributed by atoms with Crippen LogP contribution in [0.2, 0.25) is 0 Å². The first-order valence-electron chi connectivity index (χ1n) is 6.71. The molecule has 0 radical (unpaired) electrons. The fourth-order valence-electron chi connectivity index (χ4n) is 2.26. The zero-order chi connectivity index (χ0) is 13.3. The van der Waals surface area contributed by atoms with Gasteiger partial charge in [0, 0.05) is 5.75 Å². The number of ether oxygens (including phenoxy) is 1. The predicted octanol–water partition coefficient (Wildman–Crippen LogP) is 4.22. The molecule has 0 aromatic heterocycles. The SMILES string of the molecule is N#C/N=C(/Oc1ccccc1)SCC1CCCCC1. The van der Waals surface area contributed by atoms with Gasteiger partial charge in [-0.25, -0.2) is 0 Å². The highest BCUT2D eigenvalue weighted by Gasteiger charge is 2.15. The first-order valence-corrected chi connectivity index (χ1v) is 7.69. The van der Waals surface area contributed by atoms with Crippen molar-refractivity contribution in [1.82, 2.24) is 0 Å². The zero-order valence-corrected chi connectivity index (χ0v) is 11.7. The molecule has 0 unspecified atom stereocenters. The number of nitriles is 1. The van der Waals surface area contributed by atoms with Crippen LogP contribution in [0.1, 0.15) is 32.1 Å². The Morgan fingerprint density at radius 1 is 1.26 bits per heavy atom. The molecular formula is C15H18N2OS. The Labute approximate surface area is 118 Å². The molecule has 1 aliphatic rings. The van der Waals surface area contributed by atoms with Gasteiger partial charge in [-0.05, 0) is 30.9 Å². The van der Waals surface area contributed by atoms with Crippen LogP contribution in [0.4, 0.5) is 0 Å². The summed E-state index contributed by atoms with van der Waals surface area (Å²) in [7, 11) is 0. The van der Waals surface area contributed by atoms with Crippen molar-refractivity contribution < 1.29 is 4.74 Å². The minimum absolute atomic E-state index is 0.458. The Balaban J connectivity index is 1.86. The van der Waals surface area contributed by atoms with E-state index in [9.17, 15) is 0 Å². The van der Waals surface area contributed by atoms with Crippen molar-refractivity contribution in [3.63, 3.8) is 0 Å². The van der Waals surface area contributed by atoms with E-state index >= 15 is 0 Å². The molecule has 19 heavy (non-hydrogen) atoms. The Kier molecular flexibility index (Phi) is 5.77. The van der Waals surface area contributed by atoms with E-state index < -0.39 is 0 Å². The van der Waals surface area contributed by atoms with Crippen LogP contribution in [0.5, 0.6) is 5.75 Å². The zero-order valence-electron chi connectivity index (χ0n) is 10.9. The molecule has 100 valence electrons. The third-order valence-electron chi connectivity index (χ3n) is 3.26. The Morgan fingerprint density at radius 3 is 2.68 bits per heavy atom. The molecule has 0 atom stereocenters. The molecule has 1 aromatic carbocycles. The summed E-state index contributed by atoms with van der Waals surface area (Å²) in [6, 6.07) is 9.49. The summed E-state index contributed by atoms with van der Waals surface area (Å²) in [6.07, 6.45) is 8.42. The summed E-state index contributed by atoms with van der Waals surface area (Å²) in [5.41, 5.74) is 0. The quantitative estimate of drug-likeness (QED) is 0.471. The number of benzene rings is 1. The number of hydrogen-bond donors (Lipinski definition) is 0. The molecule has 2 rings (SSSR count).